The standard InChI is InChI=1S/C14H24N6/c1-5-11-12-13(19(4)17-11)20(14(15)16-12)8-9(2)18(3)10-6-7-10/h9-10H,5-8H2,1-4H3,(H2,15,16). The van der Waals surface area contributed by atoms with Crippen LogP contribution in [0, 0.1) is 0 Å². The first-order valence-electron chi connectivity index (χ1n) is 7.42. The number of hydrogen-bond donors (Lipinski definition) is 1. The van der Waals surface area contributed by atoms with Gasteiger partial charge in [0.15, 0.2) is 5.65 Å². The highest BCUT2D eigenvalue weighted by atomic mass is 15.4. The number of nitrogen functional groups attached to an aromatic ring is 1. The first-order valence-corrected chi connectivity index (χ1v) is 7.42. The van der Waals surface area contributed by atoms with Gasteiger partial charge in [-0.15, -0.1) is 0 Å². The Morgan fingerprint density at radius 3 is 2.75 bits per heavy atom. The van der Waals surface area contributed by atoms with Gasteiger partial charge in [0.2, 0.25) is 5.95 Å². The maximum absolute atomic E-state index is 6.12. The summed E-state index contributed by atoms with van der Waals surface area (Å²) in [6, 6.07) is 1.20. The van der Waals surface area contributed by atoms with Crippen molar-refractivity contribution >= 4 is 17.1 Å². The van der Waals surface area contributed by atoms with E-state index in [0.717, 1.165) is 35.9 Å². The van der Waals surface area contributed by atoms with Crippen molar-refractivity contribution in [2.45, 2.75) is 51.7 Å². The number of likely N-dealkylation sites (N-methyl/N-ethyl adjacent to an activating group) is 1. The van der Waals surface area contributed by atoms with Crippen LogP contribution in [0.15, 0.2) is 0 Å². The maximum Gasteiger partial charge on any atom is 0.202 e. The van der Waals surface area contributed by atoms with Crippen LogP contribution in [0.4, 0.5) is 5.95 Å². The number of imidazole rings is 1. The zero-order valence-corrected chi connectivity index (χ0v) is 12.8. The first-order chi connectivity index (χ1) is 9.52. The molecule has 1 aliphatic rings. The highest BCUT2D eigenvalue weighted by Gasteiger charge is 2.30. The molecule has 3 rings (SSSR count). The number of nitrogens with zero attached hydrogens (tertiary/aromatic N) is 5. The summed E-state index contributed by atoms with van der Waals surface area (Å²) in [6.07, 6.45) is 3.52. The fourth-order valence-electron chi connectivity index (χ4n) is 2.91. The second kappa shape index (κ2) is 4.77. The molecule has 0 aromatic carbocycles. The Morgan fingerprint density at radius 1 is 1.45 bits per heavy atom. The predicted molar refractivity (Wildman–Crippen MR) is 80.5 cm³/mol. The highest BCUT2D eigenvalue weighted by molar-refractivity contribution is 5.77. The molecule has 0 spiro atoms. The first kappa shape index (κ1) is 13.4. The minimum atomic E-state index is 0.446. The maximum atomic E-state index is 6.12. The van der Waals surface area contributed by atoms with Gasteiger partial charge in [-0.1, -0.05) is 6.92 Å². The second-order valence-electron chi connectivity index (χ2n) is 5.92. The molecule has 6 heteroatoms. The molecule has 1 saturated carbocycles. The summed E-state index contributed by atoms with van der Waals surface area (Å²) >= 11 is 0. The Bertz CT molecular complexity index is 621. The predicted octanol–water partition coefficient (Wildman–Crippen LogP) is 1.40. The van der Waals surface area contributed by atoms with Crippen LogP contribution in [-0.2, 0) is 20.0 Å². The van der Waals surface area contributed by atoms with Crippen molar-refractivity contribution in [3.8, 4) is 0 Å². The van der Waals surface area contributed by atoms with Crippen LogP contribution in [0.5, 0.6) is 0 Å². The van der Waals surface area contributed by atoms with Gasteiger partial charge in [-0.25, -0.2) is 4.98 Å². The summed E-state index contributed by atoms with van der Waals surface area (Å²) in [5, 5.41) is 4.53. The molecule has 0 bridgehead atoms. The van der Waals surface area contributed by atoms with Gasteiger partial charge in [-0.2, -0.15) is 5.10 Å². The summed E-state index contributed by atoms with van der Waals surface area (Å²) in [7, 11) is 4.17. The molecule has 0 saturated heterocycles. The molecular weight excluding hydrogens is 252 g/mol. The van der Waals surface area contributed by atoms with Crippen LogP contribution in [0.2, 0.25) is 0 Å². The van der Waals surface area contributed by atoms with E-state index < -0.39 is 0 Å². The number of nitrogens with two attached hydrogens (primary N) is 1. The molecule has 2 N–H and O–H groups in total. The summed E-state index contributed by atoms with van der Waals surface area (Å²) in [6.45, 7) is 5.21. The molecule has 1 fully saturated rings. The summed E-state index contributed by atoms with van der Waals surface area (Å²) in [5.41, 5.74) is 9.14. The van der Waals surface area contributed by atoms with Crippen molar-refractivity contribution in [2.75, 3.05) is 12.8 Å². The third kappa shape index (κ3) is 2.08. The number of hydrogen-bond acceptors (Lipinski definition) is 4. The van der Waals surface area contributed by atoms with E-state index in [0.29, 0.717) is 12.0 Å². The Morgan fingerprint density at radius 2 is 2.15 bits per heavy atom. The zero-order valence-electron chi connectivity index (χ0n) is 12.8. The van der Waals surface area contributed by atoms with Crippen LogP contribution >= 0.6 is 0 Å². The Kier molecular flexibility index (Phi) is 3.20. The number of aromatic nitrogens is 4. The van der Waals surface area contributed by atoms with E-state index >= 15 is 0 Å². The lowest BCUT2D eigenvalue weighted by atomic mass is 10.3. The molecule has 0 radical (unpaired) electrons. The highest BCUT2D eigenvalue weighted by Crippen LogP contribution is 2.28. The number of fused-ring (bicyclic) bond motifs is 1. The van der Waals surface area contributed by atoms with Gasteiger partial charge in [-0.05, 0) is 33.2 Å². The van der Waals surface area contributed by atoms with Gasteiger partial charge in [0.1, 0.15) is 5.52 Å². The monoisotopic (exact) mass is 276 g/mol. The largest absolute Gasteiger partial charge is 0.369 e. The Balaban J connectivity index is 1.94. The molecule has 110 valence electrons. The van der Waals surface area contributed by atoms with Crippen molar-refractivity contribution in [1.82, 2.24) is 24.2 Å². The fraction of sp³-hybridized carbons (Fsp3) is 0.714. The smallest absolute Gasteiger partial charge is 0.202 e. The minimum Gasteiger partial charge on any atom is -0.369 e. The minimum absolute atomic E-state index is 0.446. The Labute approximate surface area is 119 Å². The number of anilines is 1. The lowest BCUT2D eigenvalue weighted by Gasteiger charge is -2.25. The molecule has 0 amide bonds. The topological polar surface area (TPSA) is 64.9 Å². The zero-order chi connectivity index (χ0) is 14.4. The number of rotatable bonds is 5. The molecule has 20 heavy (non-hydrogen) atoms. The summed E-state index contributed by atoms with van der Waals surface area (Å²) < 4.78 is 4.01. The third-order valence-electron chi connectivity index (χ3n) is 4.42. The molecule has 2 aromatic rings. The molecule has 1 aliphatic carbocycles. The van der Waals surface area contributed by atoms with E-state index in [1.165, 1.54) is 12.8 Å². The van der Waals surface area contributed by atoms with Crippen LogP contribution < -0.4 is 5.73 Å². The van der Waals surface area contributed by atoms with Crippen molar-refractivity contribution in [1.29, 1.82) is 0 Å². The average molecular weight is 276 g/mol. The summed E-state index contributed by atoms with van der Waals surface area (Å²) in [4.78, 5) is 6.96. The molecule has 2 heterocycles. The van der Waals surface area contributed by atoms with Gasteiger partial charge >= 0.3 is 0 Å². The Hall–Kier alpha value is -1.56. The fourth-order valence-corrected chi connectivity index (χ4v) is 2.91. The van der Waals surface area contributed by atoms with Crippen molar-refractivity contribution < 1.29 is 0 Å². The van der Waals surface area contributed by atoms with E-state index in [2.05, 4.69) is 40.4 Å². The van der Waals surface area contributed by atoms with Crippen LogP contribution in [0.25, 0.3) is 11.2 Å². The number of aryl methyl sites for hydroxylation is 2. The van der Waals surface area contributed by atoms with Crippen molar-refractivity contribution in [3.63, 3.8) is 0 Å². The second-order valence-corrected chi connectivity index (χ2v) is 5.92. The van der Waals surface area contributed by atoms with Crippen molar-refractivity contribution in [3.05, 3.63) is 5.69 Å². The van der Waals surface area contributed by atoms with Crippen LogP contribution in [-0.4, -0.2) is 43.4 Å². The lowest BCUT2D eigenvalue weighted by molar-refractivity contribution is 0.227. The molecule has 1 unspecified atom stereocenters. The molecule has 2 aromatic heterocycles. The van der Waals surface area contributed by atoms with E-state index in [4.69, 9.17) is 5.73 Å². The van der Waals surface area contributed by atoms with Crippen molar-refractivity contribution in [2.24, 2.45) is 7.05 Å². The normalized spacial score (nSPS) is 17.2. The van der Waals surface area contributed by atoms with Crippen LogP contribution in [0.3, 0.4) is 0 Å². The SMILES string of the molecule is CCc1nn(C)c2c1nc(N)n2CC(C)N(C)C1CC1. The van der Waals surface area contributed by atoms with Gasteiger partial charge in [0.05, 0.1) is 5.69 Å². The summed E-state index contributed by atoms with van der Waals surface area (Å²) in [5.74, 6) is 0.596. The molecular formula is C14H24N6. The lowest BCUT2D eigenvalue weighted by Crippen LogP contribution is -2.34. The third-order valence-corrected chi connectivity index (χ3v) is 4.42. The quantitative estimate of drug-likeness (QED) is 0.896. The van der Waals surface area contributed by atoms with E-state index in [9.17, 15) is 0 Å². The average Bonchev–Trinajstić information content (AvgIpc) is 3.15. The van der Waals surface area contributed by atoms with Gasteiger partial charge in [-0.3, -0.25) is 14.1 Å². The van der Waals surface area contributed by atoms with Gasteiger partial charge in [0, 0.05) is 25.7 Å². The van der Waals surface area contributed by atoms with E-state index in [-0.39, 0.29) is 0 Å². The molecule has 0 aliphatic heterocycles. The van der Waals surface area contributed by atoms with Gasteiger partial charge < -0.3 is 5.73 Å². The molecule has 6 nitrogen and oxygen atoms in total. The van der Waals surface area contributed by atoms with Gasteiger partial charge in [0.25, 0.3) is 0 Å². The van der Waals surface area contributed by atoms with E-state index in [1.54, 1.807) is 0 Å². The van der Waals surface area contributed by atoms with E-state index in [1.807, 2.05) is 11.7 Å². The molecule has 1 atom stereocenters. The van der Waals surface area contributed by atoms with Crippen LogP contribution in [0.1, 0.15) is 32.4 Å².